The fraction of sp³-hybridized carbons (Fsp3) is 0.478. The lowest BCUT2D eigenvalue weighted by atomic mass is 9.78. The summed E-state index contributed by atoms with van der Waals surface area (Å²) in [5.41, 5.74) is -0.503. The van der Waals surface area contributed by atoms with Crippen LogP contribution in [0.15, 0.2) is 71.0 Å². The molecule has 2 amide bonds. The first-order chi connectivity index (χ1) is 30.6. The molecule has 19 heteroatoms. The Kier molecular flexibility index (Phi) is 17.4. The normalized spacial score (nSPS) is 18.5. The van der Waals surface area contributed by atoms with Crippen molar-refractivity contribution in [2.24, 2.45) is 0 Å². The Labute approximate surface area is 384 Å². The minimum atomic E-state index is -4.73. The number of halogens is 11. The average Bonchev–Trinajstić information content (AvgIpc) is 4.12. The van der Waals surface area contributed by atoms with Crippen molar-refractivity contribution in [3.63, 3.8) is 0 Å². The van der Waals surface area contributed by atoms with E-state index in [1.165, 1.54) is 42.0 Å². The van der Waals surface area contributed by atoms with Gasteiger partial charge in [0.15, 0.2) is 0 Å². The molecule has 0 bridgehead atoms. The van der Waals surface area contributed by atoms with Crippen LogP contribution in [0, 0.1) is 0 Å². The van der Waals surface area contributed by atoms with Crippen molar-refractivity contribution < 1.29 is 53.5 Å². The van der Waals surface area contributed by atoms with E-state index in [0.29, 0.717) is 39.8 Å². The molecule has 0 radical (unpaired) electrons. The topological polar surface area (TPSA) is 84.0 Å². The van der Waals surface area contributed by atoms with E-state index in [2.05, 4.69) is 20.6 Å². The van der Waals surface area contributed by atoms with Crippen molar-refractivity contribution in [3.05, 3.63) is 105 Å². The molecular formula is C46H49ClF10N4O2S2. The van der Waals surface area contributed by atoms with E-state index in [-0.39, 0.29) is 85.5 Å². The highest BCUT2D eigenvalue weighted by Gasteiger charge is 2.42. The maximum Gasteiger partial charge on any atom is 0.417 e. The third-order valence-corrected chi connectivity index (χ3v) is 13.0. The lowest BCUT2D eigenvalue weighted by Crippen LogP contribution is -2.26. The molecular weight excluding hydrogens is 930 g/mol. The zero-order valence-corrected chi connectivity index (χ0v) is 38.4. The van der Waals surface area contributed by atoms with Gasteiger partial charge < -0.3 is 10.6 Å². The van der Waals surface area contributed by atoms with Gasteiger partial charge in [0, 0.05) is 60.6 Å². The second-order valence-electron chi connectivity index (χ2n) is 15.9. The molecule has 6 nitrogen and oxygen atoms in total. The van der Waals surface area contributed by atoms with Crippen molar-refractivity contribution in [1.82, 2.24) is 9.97 Å². The van der Waals surface area contributed by atoms with Gasteiger partial charge in [-0.3, -0.25) is 9.59 Å². The molecule has 65 heavy (non-hydrogen) atoms. The molecule has 0 spiro atoms. The number of carbonyl (C=O) groups excluding carboxylic acids is 2. The first-order valence-corrected chi connectivity index (χ1v) is 23.9. The zero-order chi connectivity index (χ0) is 47.9. The highest BCUT2D eigenvalue weighted by Crippen LogP contribution is 2.50. The number of benzene rings is 2. The number of anilines is 2. The summed E-state index contributed by atoms with van der Waals surface area (Å²) in [7, 11) is 0. The van der Waals surface area contributed by atoms with Crippen LogP contribution in [0.5, 0.6) is 0 Å². The predicted molar refractivity (Wildman–Crippen MR) is 236 cm³/mol. The molecule has 2 N–H and O–H groups in total. The Morgan fingerprint density at radius 3 is 1.49 bits per heavy atom. The van der Waals surface area contributed by atoms with Gasteiger partial charge in [0.25, 0.3) is 11.8 Å². The molecule has 4 aromatic rings. The standard InChI is InChI=1S/C23H23F5N2OS.C21H20ClF5N2OS.C2H6/c1-32-20-10-15(6-9-29-20)30-21(31)18-12-19(23(26,27)28)17(13-2-3-13)11-16(18)14-4-7-22(24,25)8-5-14;1-31-18-9-13(5-8-28-18)29-19(30)15-11-17(22)16(21(25,26)27)10-14(15)12-3-2-6-20(23,24)7-4-12;1-2/h6,9-14H,2-5,7-8H2,1H3,(H,29,30,31);5,8-12H,2-4,6-7H2,1H3,(H,28,29,30);1-2H3. The number of aromatic nitrogens is 2. The van der Waals surface area contributed by atoms with Crippen LogP contribution in [-0.4, -0.2) is 46.1 Å². The molecule has 0 aliphatic heterocycles. The van der Waals surface area contributed by atoms with Gasteiger partial charge in [-0.15, -0.1) is 23.5 Å². The van der Waals surface area contributed by atoms with Crippen LogP contribution in [0.4, 0.5) is 55.3 Å². The largest absolute Gasteiger partial charge is 0.417 e. The monoisotopic (exact) mass is 978 g/mol. The van der Waals surface area contributed by atoms with Gasteiger partial charge in [0.2, 0.25) is 11.8 Å². The van der Waals surface area contributed by atoms with Crippen molar-refractivity contribution in [2.75, 3.05) is 23.1 Å². The number of nitrogens with zero attached hydrogens (tertiary/aromatic N) is 2. The Morgan fingerprint density at radius 2 is 1.03 bits per heavy atom. The summed E-state index contributed by atoms with van der Waals surface area (Å²) in [5, 5.41) is 6.00. The molecule has 354 valence electrons. The van der Waals surface area contributed by atoms with Crippen LogP contribution in [0.3, 0.4) is 0 Å². The van der Waals surface area contributed by atoms with E-state index in [1.807, 2.05) is 26.4 Å². The summed E-state index contributed by atoms with van der Waals surface area (Å²) in [6.45, 7) is 4.00. The molecule has 2 aromatic carbocycles. The molecule has 3 aliphatic carbocycles. The summed E-state index contributed by atoms with van der Waals surface area (Å²) in [5.74, 6) is -8.14. The molecule has 3 fully saturated rings. The van der Waals surface area contributed by atoms with Crippen LogP contribution >= 0.6 is 35.1 Å². The summed E-state index contributed by atoms with van der Waals surface area (Å²) in [6.07, 6.45) is -2.15. The highest BCUT2D eigenvalue weighted by atomic mass is 35.5. The van der Waals surface area contributed by atoms with Gasteiger partial charge in [0.1, 0.15) is 0 Å². The minimum Gasteiger partial charge on any atom is -0.322 e. The molecule has 1 atom stereocenters. The predicted octanol–water partition coefficient (Wildman–Crippen LogP) is 15.7. The van der Waals surface area contributed by atoms with E-state index in [4.69, 9.17) is 11.6 Å². The molecule has 7 rings (SSSR count). The van der Waals surface area contributed by atoms with Crippen LogP contribution < -0.4 is 10.6 Å². The van der Waals surface area contributed by atoms with Crippen molar-refractivity contribution in [2.45, 2.75) is 136 Å². The third kappa shape index (κ3) is 14.0. The molecule has 2 aromatic heterocycles. The summed E-state index contributed by atoms with van der Waals surface area (Å²) < 4.78 is 137. The number of thioether (sulfide) groups is 2. The second kappa shape index (κ2) is 21.7. The van der Waals surface area contributed by atoms with Crippen LogP contribution in [0.1, 0.15) is 151 Å². The quantitative estimate of drug-likeness (QED) is 0.0988. The second-order valence-corrected chi connectivity index (χ2v) is 18.0. The fourth-order valence-electron chi connectivity index (χ4n) is 8.01. The Balaban J connectivity index is 0.000000235. The number of hydrogen-bond acceptors (Lipinski definition) is 6. The van der Waals surface area contributed by atoms with E-state index < -0.39 is 64.5 Å². The van der Waals surface area contributed by atoms with Crippen LogP contribution in [-0.2, 0) is 12.4 Å². The number of hydrogen-bond donors (Lipinski definition) is 2. The maximum atomic E-state index is 13.8. The summed E-state index contributed by atoms with van der Waals surface area (Å²) in [6, 6.07) is 10.6. The van der Waals surface area contributed by atoms with Crippen LogP contribution in [0.2, 0.25) is 5.02 Å². The minimum absolute atomic E-state index is 0.0158. The van der Waals surface area contributed by atoms with Crippen molar-refractivity contribution in [1.29, 1.82) is 0 Å². The number of amides is 2. The first kappa shape index (κ1) is 51.9. The van der Waals surface area contributed by atoms with Crippen LogP contribution in [0.25, 0.3) is 0 Å². The maximum absolute atomic E-state index is 13.8. The highest BCUT2D eigenvalue weighted by molar-refractivity contribution is 7.98. The molecule has 0 saturated heterocycles. The smallest absolute Gasteiger partial charge is 0.322 e. The fourth-order valence-corrected chi connectivity index (χ4v) is 9.10. The number of nitrogens with one attached hydrogen (secondary N) is 2. The first-order valence-electron chi connectivity index (χ1n) is 21.1. The van der Waals surface area contributed by atoms with Gasteiger partial charge in [-0.1, -0.05) is 31.5 Å². The molecule has 2 heterocycles. The Hall–Kier alpha value is -4.03. The molecule has 1 unspecified atom stereocenters. The van der Waals surface area contributed by atoms with E-state index in [1.54, 1.807) is 24.3 Å². The number of carbonyl (C=O) groups is 2. The Bertz CT molecular complexity index is 2300. The summed E-state index contributed by atoms with van der Waals surface area (Å²) in [4.78, 5) is 34.3. The molecule has 3 saturated carbocycles. The lowest BCUT2D eigenvalue weighted by Gasteiger charge is -2.30. The average molecular weight is 979 g/mol. The van der Waals surface area contributed by atoms with E-state index >= 15 is 0 Å². The number of rotatable bonds is 9. The lowest BCUT2D eigenvalue weighted by molar-refractivity contribution is -0.138. The van der Waals surface area contributed by atoms with E-state index in [9.17, 15) is 53.5 Å². The van der Waals surface area contributed by atoms with Gasteiger partial charge in [0.05, 0.1) is 26.2 Å². The van der Waals surface area contributed by atoms with Gasteiger partial charge in [-0.05, 0) is 134 Å². The van der Waals surface area contributed by atoms with Gasteiger partial charge >= 0.3 is 12.4 Å². The number of alkyl halides is 10. The van der Waals surface area contributed by atoms with E-state index in [0.717, 1.165) is 18.2 Å². The Morgan fingerprint density at radius 1 is 0.600 bits per heavy atom. The zero-order valence-electron chi connectivity index (χ0n) is 36.0. The SMILES string of the molecule is CC.CSc1cc(NC(=O)c2cc(C(F)(F)F)c(C3CC3)cc2C2CCC(F)(F)CC2)ccn1.CSc1cc(NC(=O)c2cc(Cl)c(C(F)(F)F)cc2C2CCCC(F)(F)CC2)ccn1. The van der Waals surface area contributed by atoms with Crippen molar-refractivity contribution in [3.8, 4) is 0 Å². The van der Waals surface area contributed by atoms with Gasteiger partial charge in [-0.2, -0.15) is 26.3 Å². The third-order valence-electron chi connectivity index (χ3n) is 11.4. The van der Waals surface area contributed by atoms with Gasteiger partial charge in [-0.25, -0.2) is 27.5 Å². The summed E-state index contributed by atoms with van der Waals surface area (Å²) >= 11 is 8.59. The molecule has 3 aliphatic rings. The number of pyridine rings is 2. The van der Waals surface area contributed by atoms with Crippen molar-refractivity contribution >= 4 is 58.3 Å².